The van der Waals surface area contributed by atoms with Crippen LogP contribution in [0.25, 0.3) is 132 Å². The lowest BCUT2D eigenvalue weighted by Crippen LogP contribution is -2.17. The van der Waals surface area contributed by atoms with E-state index in [9.17, 15) is 0 Å². The van der Waals surface area contributed by atoms with Gasteiger partial charge in [-0.1, -0.05) is 196 Å². The number of nitrogens with zero attached hydrogens (tertiary/aromatic N) is 5. The van der Waals surface area contributed by atoms with Crippen molar-refractivity contribution in [1.29, 1.82) is 0 Å². The third-order valence-electron chi connectivity index (χ3n) is 15.3. The van der Waals surface area contributed by atoms with Gasteiger partial charge in [-0.25, -0.2) is 9.97 Å². The molecule has 332 valence electrons. The molecule has 0 amide bonds. The van der Waals surface area contributed by atoms with E-state index in [2.05, 4.69) is 241 Å². The molecule has 71 heavy (non-hydrogen) atoms. The molecule has 14 aromatic rings. The van der Waals surface area contributed by atoms with Gasteiger partial charge in [0.1, 0.15) is 0 Å². The Morgan fingerprint density at radius 2 is 0.958 bits per heavy atom. The molecule has 0 atom stereocenters. The van der Waals surface area contributed by atoms with Crippen LogP contribution in [-0.2, 0) is 5.41 Å². The second-order valence-electron chi connectivity index (χ2n) is 19.5. The average Bonchev–Trinajstić information content (AvgIpc) is 4.04. The van der Waals surface area contributed by atoms with Crippen LogP contribution in [0.3, 0.4) is 0 Å². The Morgan fingerprint density at radius 3 is 1.65 bits per heavy atom. The van der Waals surface area contributed by atoms with Crippen LogP contribution in [0.15, 0.2) is 225 Å². The second kappa shape index (κ2) is 14.9. The van der Waals surface area contributed by atoms with E-state index in [1.165, 1.54) is 54.6 Å². The van der Waals surface area contributed by atoms with E-state index in [-0.39, 0.29) is 0 Å². The van der Waals surface area contributed by atoms with Crippen LogP contribution in [0.1, 0.15) is 25.0 Å². The van der Waals surface area contributed by atoms with Crippen molar-refractivity contribution in [2.24, 2.45) is 0 Å². The summed E-state index contributed by atoms with van der Waals surface area (Å²) < 4.78 is 4.74. The van der Waals surface area contributed by atoms with Gasteiger partial charge in [0.2, 0.25) is 5.95 Å². The highest BCUT2D eigenvalue weighted by Crippen LogP contribution is 2.57. The first-order valence-electron chi connectivity index (χ1n) is 24.4. The number of rotatable bonds is 5. The monoisotopic (exact) mass is 905 g/mol. The molecular formula is C66H43N5. The van der Waals surface area contributed by atoms with Gasteiger partial charge in [-0.3, -0.25) is 9.55 Å². The highest BCUT2D eigenvalue weighted by molar-refractivity contribution is 6.30. The van der Waals surface area contributed by atoms with Crippen LogP contribution < -0.4 is 0 Å². The zero-order valence-electron chi connectivity index (χ0n) is 39.1. The third-order valence-corrected chi connectivity index (χ3v) is 15.3. The lowest BCUT2D eigenvalue weighted by molar-refractivity contribution is 0.664. The Labute approximate surface area is 409 Å². The summed E-state index contributed by atoms with van der Waals surface area (Å²) in [6, 6.07) is 78.8. The molecule has 4 aromatic heterocycles. The van der Waals surface area contributed by atoms with Crippen LogP contribution >= 0.6 is 0 Å². The first kappa shape index (κ1) is 39.8. The van der Waals surface area contributed by atoms with Gasteiger partial charge in [0.05, 0.1) is 39.1 Å². The maximum absolute atomic E-state index is 5.58. The zero-order chi connectivity index (χ0) is 47.0. The van der Waals surface area contributed by atoms with Crippen molar-refractivity contribution in [2.75, 3.05) is 0 Å². The number of para-hydroxylation sites is 2. The van der Waals surface area contributed by atoms with Crippen molar-refractivity contribution in [3.8, 4) is 56.5 Å². The van der Waals surface area contributed by atoms with Crippen molar-refractivity contribution in [1.82, 2.24) is 24.1 Å². The first-order valence-corrected chi connectivity index (χ1v) is 24.4. The van der Waals surface area contributed by atoms with E-state index in [0.717, 1.165) is 83.1 Å². The Bertz CT molecular complexity index is 4430. The summed E-state index contributed by atoms with van der Waals surface area (Å²) in [5.74, 6) is 0.621. The fourth-order valence-corrected chi connectivity index (χ4v) is 12.3. The topological polar surface area (TPSA) is 48.5 Å². The summed E-state index contributed by atoms with van der Waals surface area (Å²) in [5.41, 5.74) is 16.0. The highest BCUT2D eigenvalue weighted by Gasteiger charge is 2.40. The smallest absolute Gasteiger partial charge is 0.235 e. The van der Waals surface area contributed by atoms with Crippen LogP contribution in [0.4, 0.5) is 0 Å². The number of pyridine rings is 1. The van der Waals surface area contributed by atoms with Crippen molar-refractivity contribution in [3.05, 3.63) is 236 Å². The summed E-state index contributed by atoms with van der Waals surface area (Å²) in [6.45, 7) is 4.81. The molecule has 0 unspecified atom stereocenters. The maximum Gasteiger partial charge on any atom is 0.235 e. The summed E-state index contributed by atoms with van der Waals surface area (Å²) in [6.07, 6.45) is 1.96. The molecule has 0 fully saturated rings. The SMILES string of the molecule is CC1(C)c2ccc3c4ccccc4c4ccccc4c3c2-c2ccc3c4ccc(-c5nccc6c5c5ccccc5n6-c5ccccc5)cc4n(-c4nc(-c5ccccc5)cc(-c5ccccc5)n4)c3c21. The highest BCUT2D eigenvalue weighted by atomic mass is 15.2. The minimum atomic E-state index is -0.397. The molecule has 10 aromatic carbocycles. The Balaban J connectivity index is 1.08. The summed E-state index contributed by atoms with van der Waals surface area (Å²) >= 11 is 0. The molecule has 0 saturated heterocycles. The van der Waals surface area contributed by atoms with Crippen molar-refractivity contribution in [2.45, 2.75) is 19.3 Å². The number of aromatic nitrogens is 5. The molecule has 0 bridgehead atoms. The van der Waals surface area contributed by atoms with Crippen molar-refractivity contribution < 1.29 is 0 Å². The molecule has 4 heterocycles. The van der Waals surface area contributed by atoms with E-state index in [0.29, 0.717) is 5.95 Å². The molecule has 5 nitrogen and oxygen atoms in total. The normalized spacial score (nSPS) is 13.0. The van der Waals surface area contributed by atoms with Gasteiger partial charge in [0.15, 0.2) is 0 Å². The molecule has 0 aliphatic heterocycles. The first-order chi connectivity index (χ1) is 35.0. The van der Waals surface area contributed by atoms with Gasteiger partial charge >= 0.3 is 0 Å². The van der Waals surface area contributed by atoms with E-state index < -0.39 is 5.41 Å². The molecule has 1 aliphatic rings. The third kappa shape index (κ3) is 5.66. The van der Waals surface area contributed by atoms with Gasteiger partial charge in [0.25, 0.3) is 0 Å². The molecule has 0 spiro atoms. The van der Waals surface area contributed by atoms with Crippen LogP contribution in [-0.4, -0.2) is 24.1 Å². The van der Waals surface area contributed by atoms with E-state index in [1.807, 2.05) is 6.20 Å². The number of hydrogen-bond acceptors (Lipinski definition) is 3. The van der Waals surface area contributed by atoms with Gasteiger partial charge in [-0.2, -0.15) is 0 Å². The van der Waals surface area contributed by atoms with Crippen molar-refractivity contribution in [3.63, 3.8) is 0 Å². The number of fused-ring (bicyclic) bond motifs is 17. The minimum absolute atomic E-state index is 0.397. The fraction of sp³-hybridized carbons (Fsp3) is 0.0455. The molecule has 1 aliphatic carbocycles. The molecular weight excluding hydrogens is 863 g/mol. The Hall–Kier alpha value is -9.19. The maximum atomic E-state index is 5.58. The van der Waals surface area contributed by atoms with Gasteiger partial charge < -0.3 is 4.57 Å². The number of benzene rings is 10. The molecule has 15 rings (SSSR count). The Kier molecular flexibility index (Phi) is 8.35. The van der Waals surface area contributed by atoms with E-state index >= 15 is 0 Å². The van der Waals surface area contributed by atoms with E-state index in [4.69, 9.17) is 15.0 Å². The van der Waals surface area contributed by atoms with Crippen molar-refractivity contribution >= 4 is 75.9 Å². The van der Waals surface area contributed by atoms with Crippen LogP contribution in [0, 0.1) is 0 Å². The molecule has 0 saturated carbocycles. The lowest BCUT2D eigenvalue weighted by Gasteiger charge is -2.24. The lowest BCUT2D eigenvalue weighted by atomic mass is 9.80. The summed E-state index contributed by atoms with van der Waals surface area (Å²) in [5, 5.41) is 12.2. The zero-order valence-corrected chi connectivity index (χ0v) is 39.1. The average molecular weight is 906 g/mol. The van der Waals surface area contributed by atoms with Crippen LogP contribution in [0.5, 0.6) is 0 Å². The molecule has 0 N–H and O–H groups in total. The molecule has 5 heteroatoms. The summed E-state index contributed by atoms with van der Waals surface area (Å²) in [7, 11) is 0. The molecule has 0 radical (unpaired) electrons. The van der Waals surface area contributed by atoms with E-state index in [1.54, 1.807) is 0 Å². The van der Waals surface area contributed by atoms with Crippen LogP contribution in [0.2, 0.25) is 0 Å². The second-order valence-corrected chi connectivity index (χ2v) is 19.5. The predicted molar refractivity (Wildman–Crippen MR) is 295 cm³/mol. The predicted octanol–water partition coefficient (Wildman–Crippen LogP) is 16.8. The quantitative estimate of drug-likeness (QED) is 0.162. The standard InChI is InChI=1S/C66H43N5/c1-66(2)53-35-34-49-46-26-13-12-24-44(46)45-25-14-15-27-48(45)59(49)60(53)52-33-32-50-47-31-30-42(63-61-51-28-16-17-29-56(51)70(57(61)36-37-67-63)43-22-10-5-11-23-43)38-58(47)71(64(50)62(52)66)65-68-54(40-18-6-3-7-19-40)39-55(69-65)41-20-8-4-9-21-41/h3-39H,1-2H3. The van der Waals surface area contributed by atoms with Gasteiger partial charge in [-0.15, -0.1) is 0 Å². The summed E-state index contributed by atoms with van der Waals surface area (Å²) in [4.78, 5) is 16.4. The fourth-order valence-electron chi connectivity index (χ4n) is 12.3. The van der Waals surface area contributed by atoms with Gasteiger partial charge in [-0.05, 0) is 91.0 Å². The minimum Gasteiger partial charge on any atom is -0.309 e. The largest absolute Gasteiger partial charge is 0.309 e. The Morgan fingerprint density at radius 1 is 0.394 bits per heavy atom. The van der Waals surface area contributed by atoms with Gasteiger partial charge in [0, 0.05) is 55.5 Å². The number of hydrogen-bond donors (Lipinski definition) is 0.